The minimum absolute atomic E-state index is 0.248. The van der Waals surface area contributed by atoms with E-state index in [1.807, 2.05) is 18.2 Å². The van der Waals surface area contributed by atoms with Gasteiger partial charge in [0.15, 0.2) is 0 Å². The van der Waals surface area contributed by atoms with Crippen molar-refractivity contribution in [3.05, 3.63) is 28.2 Å². The number of nitrogens with two attached hydrogens (primary N) is 1. The second-order valence-electron chi connectivity index (χ2n) is 2.98. The molecule has 78 valence electrons. The molecule has 0 bridgehead atoms. The maximum Gasteiger partial charge on any atom is 0.133 e. The lowest BCUT2D eigenvalue weighted by Crippen LogP contribution is -2.10. The van der Waals surface area contributed by atoms with Crippen molar-refractivity contribution >= 4 is 15.9 Å². The topological polar surface area (TPSA) is 35.2 Å². The van der Waals surface area contributed by atoms with Crippen molar-refractivity contribution in [2.45, 2.75) is 12.5 Å². The zero-order chi connectivity index (χ0) is 10.6. The molecule has 1 atom stereocenters. The summed E-state index contributed by atoms with van der Waals surface area (Å²) in [4.78, 5) is 0. The van der Waals surface area contributed by atoms with Gasteiger partial charge < -0.3 is 10.5 Å². The Morgan fingerprint density at radius 3 is 2.79 bits per heavy atom. The Morgan fingerprint density at radius 1 is 1.57 bits per heavy atom. The molecular formula is C10H13BrFNO. The van der Waals surface area contributed by atoms with Gasteiger partial charge in [-0.2, -0.15) is 0 Å². The van der Waals surface area contributed by atoms with Crippen molar-refractivity contribution < 1.29 is 9.13 Å². The number of benzene rings is 1. The van der Waals surface area contributed by atoms with E-state index in [4.69, 9.17) is 10.5 Å². The molecule has 0 saturated carbocycles. The Hall–Kier alpha value is -0.610. The molecule has 0 spiro atoms. The third-order valence-electron chi connectivity index (χ3n) is 2.02. The third-order valence-corrected chi connectivity index (χ3v) is 2.64. The van der Waals surface area contributed by atoms with Crippen molar-refractivity contribution in [1.82, 2.24) is 0 Å². The first-order valence-corrected chi connectivity index (χ1v) is 5.13. The number of rotatable bonds is 4. The largest absolute Gasteiger partial charge is 0.496 e. The van der Waals surface area contributed by atoms with E-state index in [2.05, 4.69) is 15.9 Å². The molecule has 1 aromatic rings. The molecule has 4 heteroatoms. The highest BCUT2D eigenvalue weighted by Gasteiger charge is 2.08. The van der Waals surface area contributed by atoms with Crippen molar-refractivity contribution in [2.75, 3.05) is 13.8 Å². The van der Waals surface area contributed by atoms with Crippen LogP contribution in [0, 0.1) is 0 Å². The summed E-state index contributed by atoms with van der Waals surface area (Å²) in [5.74, 6) is 0.751. The number of alkyl halides is 1. The highest BCUT2D eigenvalue weighted by molar-refractivity contribution is 9.10. The van der Waals surface area contributed by atoms with E-state index in [1.54, 1.807) is 7.11 Å². The van der Waals surface area contributed by atoms with Crippen molar-refractivity contribution in [3.8, 4) is 5.75 Å². The molecule has 14 heavy (non-hydrogen) atoms. The SMILES string of the molecule is COc1ccc([C@@H](N)CCF)cc1Br. The average molecular weight is 262 g/mol. The van der Waals surface area contributed by atoms with Gasteiger partial charge in [0.25, 0.3) is 0 Å². The van der Waals surface area contributed by atoms with Gasteiger partial charge in [-0.05, 0) is 40.0 Å². The Bertz CT molecular complexity index is 306. The summed E-state index contributed by atoms with van der Waals surface area (Å²) >= 11 is 3.35. The molecule has 0 unspecified atom stereocenters. The Balaban J connectivity index is 2.85. The van der Waals surface area contributed by atoms with Gasteiger partial charge in [0.05, 0.1) is 18.3 Å². The summed E-state index contributed by atoms with van der Waals surface area (Å²) < 4.78 is 18.0. The first kappa shape index (κ1) is 11.5. The van der Waals surface area contributed by atoms with Crippen LogP contribution >= 0.6 is 15.9 Å². The predicted octanol–water partition coefficient (Wildman–Crippen LogP) is 2.82. The lowest BCUT2D eigenvalue weighted by atomic mass is 10.1. The molecule has 0 saturated heterocycles. The fraction of sp³-hybridized carbons (Fsp3) is 0.400. The van der Waals surface area contributed by atoms with Crippen molar-refractivity contribution in [2.24, 2.45) is 5.73 Å². The Morgan fingerprint density at radius 2 is 2.29 bits per heavy atom. The molecule has 0 fully saturated rings. The number of hydrogen-bond donors (Lipinski definition) is 1. The van der Waals surface area contributed by atoms with E-state index in [-0.39, 0.29) is 6.04 Å². The maximum atomic E-state index is 12.1. The van der Waals surface area contributed by atoms with E-state index in [9.17, 15) is 4.39 Å². The molecule has 2 nitrogen and oxygen atoms in total. The molecule has 1 aromatic carbocycles. The molecule has 0 aliphatic heterocycles. The summed E-state index contributed by atoms with van der Waals surface area (Å²) in [7, 11) is 1.60. The van der Waals surface area contributed by atoms with Crippen molar-refractivity contribution in [3.63, 3.8) is 0 Å². The maximum absolute atomic E-state index is 12.1. The summed E-state index contributed by atoms with van der Waals surface area (Å²) in [5.41, 5.74) is 6.68. The van der Waals surface area contributed by atoms with Crippen LogP contribution in [0.1, 0.15) is 18.0 Å². The normalized spacial score (nSPS) is 12.6. The van der Waals surface area contributed by atoms with Crippen LogP contribution < -0.4 is 10.5 Å². The second kappa shape index (κ2) is 5.32. The minimum Gasteiger partial charge on any atom is -0.496 e. The highest BCUT2D eigenvalue weighted by Crippen LogP contribution is 2.28. The molecule has 0 radical (unpaired) electrons. The fourth-order valence-corrected chi connectivity index (χ4v) is 1.76. The lowest BCUT2D eigenvalue weighted by Gasteiger charge is -2.11. The molecule has 2 N–H and O–H groups in total. The van der Waals surface area contributed by atoms with Crippen LogP contribution in [0.3, 0.4) is 0 Å². The van der Waals surface area contributed by atoms with E-state index in [0.717, 1.165) is 15.8 Å². The van der Waals surface area contributed by atoms with Crippen molar-refractivity contribution in [1.29, 1.82) is 0 Å². The monoisotopic (exact) mass is 261 g/mol. The standard InChI is InChI=1S/C10H13BrFNO/c1-14-10-3-2-7(6-8(10)11)9(13)4-5-12/h2-3,6,9H,4-5,13H2,1H3/t9-/m0/s1. The smallest absolute Gasteiger partial charge is 0.133 e. The van der Waals surface area contributed by atoms with Gasteiger partial charge in [-0.3, -0.25) is 4.39 Å². The fourth-order valence-electron chi connectivity index (χ4n) is 1.20. The highest BCUT2D eigenvalue weighted by atomic mass is 79.9. The summed E-state index contributed by atoms with van der Waals surface area (Å²) in [6.45, 7) is -0.398. The minimum atomic E-state index is -0.398. The molecule has 0 aromatic heterocycles. The van der Waals surface area contributed by atoms with Gasteiger partial charge in [0, 0.05) is 6.04 Å². The van der Waals surface area contributed by atoms with Crippen LogP contribution in [0.2, 0.25) is 0 Å². The first-order chi connectivity index (χ1) is 6.69. The van der Waals surface area contributed by atoms with Crippen LogP contribution in [-0.4, -0.2) is 13.8 Å². The van der Waals surface area contributed by atoms with E-state index in [1.165, 1.54) is 0 Å². The number of hydrogen-bond acceptors (Lipinski definition) is 2. The van der Waals surface area contributed by atoms with Crippen LogP contribution in [0.5, 0.6) is 5.75 Å². The van der Waals surface area contributed by atoms with Crippen LogP contribution in [0.25, 0.3) is 0 Å². The number of ether oxygens (including phenoxy) is 1. The van der Waals surface area contributed by atoms with E-state index < -0.39 is 6.67 Å². The van der Waals surface area contributed by atoms with Crippen LogP contribution in [0.15, 0.2) is 22.7 Å². The van der Waals surface area contributed by atoms with Crippen LogP contribution in [-0.2, 0) is 0 Å². The van der Waals surface area contributed by atoms with E-state index >= 15 is 0 Å². The van der Waals surface area contributed by atoms with E-state index in [0.29, 0.717) is 6.42 Å². The van der Waals surface area contributed by atoms with Gasteiger partial charge in [-0.1, -0.05) is 6.07 Å². The Kier molecular flexibility index (Phi) is 4.35. The molecule has 0 amide bonds. The van der Waals surface area contributed by atoms with Gasteiger partial charge >= 0.3 is 0 Å². The van der Waals surface area contributed by atoms with Crippen LogP contribution in [0.4, 0.5) is 4.39 Å². The average Bonchev–Trinajstić information content (AvgIpc) is 2.18. The van der Waals surface area contributed by atoms with Gasteiger partial charge in [-0.25, -0.2) is 0 Å². The summed E-state index contributed by atoms with van der Waals surface area (Å²) in [6, 6.07) is 5.28. The number of methoxy groups -OCH3 is 1. The van der Waals surface area contributed by atoms with Gasteiger partial charge in [0.2, 0.25) is 0 Å². The zero-order valence-corrected chi connectivity index (χ0v) is 9.55. The summed E-state index contributed by atoms with van der Waals surface area (Å²) in [6.07, 6.45) is 0.346. The molecular weight excluding hydrogens is 249 g/mol. The summed E-state index contributed by atoms with van der Waals surface area (Å²) in [5, 5.41) is 0. The zero-order valence-electron chi connectivity index (χ0n) is 7.97. The molecule has 0 aliphatic carbocycles. The number of halogens is 2. The first-order valence-electron chi connectivity index (χ1n) is 4.34. The molecule has 1 rings (SSSR count). The lowest BCUT2D eigenvalue weighted by molar-refractivity contribution is 0.411. The quantitative estimate of drug-likeness (QED) is 0.905. The van der Waals surface area contributed by atoms with Gasteiger partial charge in [-0.15, -0.1) is 0 Å². The predicted molar refractivity (Wildman–Crippen MR) is 58.2 cm³/mol. The molecule has 0 heterocycles. The second-order valence-corrected chi connectivity index (χ2v) is 3.83. The third kappa shape index (κ3) is 2.69. The molecule has 0 aliphatic rings. The Labute approximate surface area is 91.4 Å². The van der Waals surface area contributed by atoms with Gasteiger partial charge in [0.1, 0.15) is 5.75 Å².